The number of halogens is 1. The van der Waals surface area contributed by atoms with Crippen molar-refractivity contribution in [1.29, 1.82) is 0 Å². The minimum absolute atomic E-state index is 0.121. The first-order valence-corrected chi connectivity index (χ1v) is 12.0. The number of piperidine rings is 1. The number of nitrogens with one attached hydrogen (secondary N) is 1. The molecule has 0 atom stereocenters. The molecule has 2 aromatic heterocycles. The van der Waals surface area contributed by atoms with Gasteiger partial charge in [-0.3, -0.25) is 14.7 Å². The van der Waals surface area contributed by atoms with Gasteiger partial charge in [-0.2, -0.15) is 0 Å². The van der Waals surface area contributed by atoms with Crippen LogP contribution in [0.25, 0.3) is 11.3 Å². The normalized spacial score (nSPS) is 17.3. The minimum atomic E-state index is -0.310. The van der Waals surface area contributed by atoms with Crippen LogP contribution in [0.15, 0.2) is 54.9 Å². The molecule has 2 saturated heterocycles. The molecule has 0 radical (unpaired) electrons. The number of carbonyl (C=O) groups is 1. The number of hydrogen-bond donors (Lipinski definition) is 1. The number of benzene rings is 1. The Balaban J connectivity index is 1.11. The molecule has 2 aliphatic heterocycles. The number of nitrogens with zero attached hydrogens (tertiary/aromatic N) is 5. The van der Waals surface area contributed by atoms with E-state index in [-0.39, 0.29) is 17.8 Å². The van der Waals surface area contributed by atoms with E-state index in [0.717, 1.165) is 57.2 Å². The van der Waals surface area contributed by atoms with Gasteiger partial charge in [0.25, 0.3) is 5.91 Å². The lowest BCUT2D eigenvalue weighted by Gasteiger charge is -2.32. The van der Waals surface area contributed by atoms with Crippen molar-refractivity contribution in [3.05, 3.63) is 71.9 Å². The van der Waals surface area contributed by atoms with E-state index in [0.29, 0.717) is 30.0 Å². The van der Waals surface area contributed by atoms with Crippen LogP contribution >= 0.6 is 0 Å². The van der Waals surface area contributed by atoms with Crippen LogP contribution in [0.3, 0.4) is 0 Å². The zero-order valence-electron chi connectivity index (χ0n) is 19.6. The van der Waals surface area contributed by atoms with Crippen LogP contribution < -0.4 is 10.2 Å². The van der Waals surface area contributed by atoms with Crippen molar-refractivity contribution in [1.82, 2.24) is 25.2 Å². The number of amides is 1. The molecule has 0 unspecified atom stereocenters. The molecule has 182 valence electrons. The quantitative estimate of drug-likeness (QED) is 0.586. The monoisotopic (exact) mass is 476 g/mol. The van der Waals surface area contributed by atoms with Gasteiger partial charge in [0.15, 0.2) is 0 Å². The molecule has 2 aliphatic rings. The third-order valence-electron chi connectivity index (χ3n) is 6.45. The van der Waals surface area contributed by atoms with Crippen LogP contribution in [0.1, 0.15) is 28.9 Å². The van der Waals surface area contributed by atoms with Gasteiger partial charge in [0, 0.05) is 56.7 Å². The minimum Gasteiger partial charge on any atom is -0.378 e. The van der Waals surface area contributed by atoms with E-state index in [4.69, 9.17) is 9.72 Å². The topological polar surface area (TPSA) is 83.5 Å². The molecule has 9 heteroatoms. The summed E-state index contributed by atoms with van der Waals surface area (Å²) in [7, 11) is 0. The zero-order valence-corrected chi connectivity index (χ0v) is 19.6. The summed E-state index contributed by atoms with van der Waals surface area (Å²) in [5.41, 5.74) is 2.83. The molecular formula is C26H29FN6O2. The van der Waals surface area contributed by atoms with E-state index in [1.54, 1.807) is 30.5 Å². The summed E-state index contributed by atoms with van der Waals surface area (Å²) in [6.07, 6.45) is 5.13. The maximum atomic E-state index is 13.5. The van der Waals surface area contributed by atoms with Gasteiger partial charge in [0.05, 0.1) is 30.2 Å². The highest BCUT2D eigenvalue weighted by atomic mass is 19.1. The number of ether oxygens (including phenoxy) is 1. The molecule has 0 saturated carbocycles. The SMILES string of the molecule is O=C(NC1CCN(Cc2ccnc(N3CCOCC3)n2)CC1)c1ccc(-c2cccc(F)c2)nc1. The van der Waals surface area contributed by atoms with Crippen molar-refractivity contribution in [3.8, 4) is 11.3 Å². The second-order valence-corrected chi connectivity index (χ2v) is 8.91. The van der Waals surface area contributed by atoms with Crippen LogP contribution in [-0.2, 0) is 11.3 Å². The van der Waals surface area contributed by atoms with Crippen LogP contribution in [0.4, 0.5) is 10.3 Å². The Kier molecular flexibility index (Phi) is 7.25. The Bertz CT molecular complexity index is 1140. The lowest BCUT2D eigenvalue weighted by molar-refractivity contribution is 0.0908. The maximum Gasteiger partial charge on any atom is 0.253 e. The first-order chi connectivity index (χ1) is 17.1. The number of anilines is 1. The number of likely N-dealkylation sites (tertiary alicyclic amines) is 1. The molecule has 3 aromatic rings. The van der Waals surface area contributed by atoms with E-state index >= 15 is 0 Å². The van der Waals surface area contributed by atoms with Crippen LogP contribution in [0, 0.1) is 5.82 Å². The number of rotatable bonds is 6. The van der Waals surface area contributed by atoms with Gasteiger partial charge >= 0.3 is 0 Å². The Labute approximate surface area is 204 Å². The largest absolute Gasteiger partial charge is 0.378 e. The summed E-state index contributed by atoms with van der Waals surface area (Å²) in [6.45, 7) is 5.60. The van der Waals surface area contributed by atoms with Gasteiger partial charge in [0.1, 0.15) is 5.82 Å². The molecule has 1 aromatic carbocycles. The highest BCUT2D eigenvalue weighted by molar-refractivity contribution is 5.94. The van der Waals surface area contributed by atoms with Gasteiger partial charge in [-0.25, -0.2) is 14.4 Å². The van der Waals surface area contributed by atoms with Crippen LogP contribution in [0.5, 0.6) is 0 Å². The van der Waals surface area contributed by atoms with Crippen molar-refractivity contribution < 1.29 is 13.9 Å². The van der Waals surface area contributed by atoms with E-state index in [1.165, 1.54) is 12.1 Å². The fourth-order valence-electron chi connectivity index (χ4n) is 4.47. The summed E-state index contributed by atoms with van der Waals surface area (Å²) in [5, 5.41) is 3.13. The molecule has 0 aliphatic carbocycles. The number of carbonyl (C=O) groups excluding carboxylic acids is 1. The second-order valence-electron chi connectivity index (χ2n) is 8.91. The first-order valence-electron chi connectivity index (χ1n) is 12.0. The van der Waals surface area contributed by atoms with Gasteiger partial charge in [0.2, 0.25) is 5.95 Å². The molecule has 2 fully saturated rings. The van der Waals surface area contributed by atoms with E-state index < -0.39 is 0 Å². The number of aromatic nitrogens is 3. The second kappa shape index (κ2) is 10.9. The highest BCUT2D eigenvalue weighted by Crippen LogP contribution is 2.19. The van der Waals surface area contributed by atoms with Gasteiger partial charge < -0.3 is 15.0 Å². The fraction of sp³-hybridized carbons (Fsp3) is 0.385. The fourth-order valence-corrected chi connectivity index (χ4v) is 4.47. The maximum absolute atomic E-state index is 13.5. The zero-order chi connectivity index (χ0) is 24.0. The van der Waals surface area contributed by atoms with E-state index in [9.17, 15) is 9.18 Å². The highest BCUT2D eigenvalue weighted by Gasteiger charge is 2.22. The van der Waals surface area contributed by atoms with Gasteiger partial charge in [-0.05, 0) is 43.2 Å². The van der Waals surface area contributed by atoms with E-state index in [2.05, 4.69) is 25.1 Å². The summed E-state index contributed by atoms with van der Waals surface area (Å²) in [5.74, 6) is 0.326. The van der Waals surface area contributed by atoms with Gasteiger partial charge in [-0.1, -0.05) is 12.1 Å². The van der Waals surface area contributed by atoms with E-state index in [1.807, 2.05) is 12.3 Å². The average Bonchev–Trinajstić information content (AvgIpc) is 2.90. The lowest BCUT2D eigenvalue weighted by Crippen LogP contribution is -2.44. The molecule has 35 heavy (non-hydrogen) atoms. The molecule has 1 N–H and O–H groups in total. The van der Waals surface area contributed by atoms with Crippen molar-refractivity contribution in [2.45, 2.75) is 25.4 Å². The Morgan fingerprint density at radius 2 is 1.89 bits per heavy atom. The van der Waals surface area contributed by atoms with Gasteiger partial charge in [-0.15, -0.1) is 0 Å². The molecule has 0 spiro atoms. The van der Waals surface area contributed by atoms with Crippen LogP contribution in [0.2, 0.25) is 0 Å². The Morgan fingerprint density at radius 3 is 2.63 bits per heavy atom. The number of hydrogen-bond acceptors (Lipinski definition) is 7. The Morgan fingerprint density at radius 1 is 1.06 bits per heavy atom. The van der Waals surface area contributed by atoms with Crippen molar-refractivity contribution >= 4 is 11.9 Å². The predicted octanol–water partition coefficient (Wildman–Crippen LogP) is 2.91. The summed E-state index contributed by atoms with van der Waals surface area (Å²) in [6, 6.07) is 11.8. The summed E-state index contributed by atoms with van der Waals surface area (Å²) in [4.78, 5) is 30.8. The Hall–Kier alpha value is -3.43. The molecule has 0 bridgehead atoms. The smallest absolute Gasteiger partial charge is 0.253 e. The summed E-state index contributed by atoms with van der Waals surface area (Å²) < 4.78 is 18.9. The van der Waals surface area contributed by atoms with Crippen molar-refractivity contribution in [3.63, 3.8) is 0 Å². The standard InChI is InChI=1S/C26H29FN6O2/c27-21-3-1-2-19(16-21)24-5-4-20(17-29-24)25(34)30-22-7-10-32(11-8-22)18-23-6-9-28-26(31-23)33-12-14-35-15-13-33/h1-6,9,16-17,22H,7-8,10-15,18H2,(H,30,34). The van der Waals surface area contributed by atoms with Crippen LogP contribution in [-0.4, -0.2) is 71.2 Å². The molecule has 1 amide bonds. The average molecular weight is 477 g/mol. The third-order valence-corrected chi connectivity index (χ3v) is 6.45. The number of morpholine rings is 1. The molecular weight excluding hydrogens is 447 g/mol. The number of pyridine rings is 1. The first kappa shape index (κ1) is 23.3. The molecule has 8 nitrogen and oxygen atoms in total. The van der Waals surface area contributed by atoms with Crippen molar-refractivity contribution in [2.24, 2.45) is 0 Å². The predicted molar refractivity (Wildman–Crippen MR) is 130 cm³/mol. The molecule has 4 heterocycles. The lowest BCUT2D eigenvalue weighted by atomic mass is 10.0. The van der Waals surface area contributed by atoms with Crippen molar-refractivity contribution in [2.75, 3.05) is 44.3 Å². The molecule has 5 rings (SSSR count). The summed E-state index contributed by atoms with van der Waals surface area (Å²) >= 11 is 0. The third kappa shape index (κ3) is 5.98.